The molecule has 0 amide bonds. The Labute approximate surface area is 156 Å². The molecule has 0 aliphatic heterocycles. The standard InChI is InChI=1S/C20H19F2N3O2/c1-5-26-15-9-7-6-8-14(15)25-18-16(21)12(10-23)13(11-24)17(22)19(18)27-20(2,3)4/h6-9,25H,5H2,1-4H3. The van der Waals surface area contributed by atoms with Gasteiger partial charge in [0.05, 0.1) is 12.3 Å². The fourth-order valence-electron chi connectivity index (χ4n) is 2.38. The number of halogens is 2. The summed E-state index contributed by atoms with van der Waals surface area (Å²) in [7, 11) is 0. The number of hydrogen-bond donors (Lipinski definition) is 1. The average molecular weight is 371 g/mol. The van der Waals surface area contributed by atoms with E-state index in [0.717, 1.165) is 0 Å². The zero-order valence-electron chi connectivity index (χ0n) is 15.5. The van der Waals surface area contributed by atoms with Gasteiger partial charge >= 0.3 is 0 Å². The lowest BCUT2D eigenvalue weighted by Gasteiger charge is -2.25. The molecule has 0 spiro atoms. The normalized spacial score (nSPS) is 10.7. The SMILES string of the molecule is CCOc1ccccc1Nc1c(F)c(C#N)c(C#N)c(F)c1OC(C)(C)C. The van der Waals surface area contributed by atoms with Crippen LogP contribution in [0.5, 0.6) is 11.5 Å². The molecule has 2 rings (SSSR count). The molecule has 140 valence electrons. The van der Waals surface area contributed by atoms with Crippen LogP contribution in [0.25, 0.3) is 0 Å². The van der Waals surface area contributed by atoms with Crippen molar-refractivity contribution in [2.45, 2.75) is 33.3 Å². The summed E-state index contributed by atoms with van der Waals surface area (Å²) < 4.78 is 41.0. The van der Waals surface area contributed by atoms with E-state index in [0.29, 0.717) is 18.0 Å². The zero-order chi connectivity index (χ0) is 20.2. The first kappa shape index (κ1) is 20.0. The Morgan fingerprint density at radius 2 is 1.63 bits per heavy atom. The van der Waals surface area contributed by atoms with Gasteiger partial charge in [0.15, 0.2) is 17.4 Å². The Balaban J connectivity index is 2.73. The lowest BCUT2D eigenvalue weighted by atomic mass is 10.0. The van der Waals surface area contributed by atoms with E-state index in [-0.39, 0.29) is 5.69 Å². The highest BCUT2D eigenvalue weighted by Crippen LogP contribution is 2.41. The van der Waals surface area contributed by atoms with E-state index in [1.807, 2.05) is 0 Å². The molecule has 0 unspecified atom stereocenters. The van der Waals surface area contributed by atoms with Gasteiger partial charge < -0.3 is 14.8 Å². The quantitative estimate of drug-likeness (QED) is 0.798. The minimum Gasteiger partial charge on any atom is -0.492 e. The van der Waals surface area contributed by atoms with Crippen molar-refractivity contribution in [1.82, 2.24) is 0 Å². The second kappa shape index (κ2) is 7.92. The van der Waals surface area contributed by atoms with E-state index in [2.05, 4.69) is 5.32 Å². The summed E-state index contributed by atoms with van der Waals surface area (Å²) in [5.74, 6) is -2.21. The number of hydrogen-bond acceptors (Lipinski definition) is 5. The van der Waals surface area contributed by atoms with Crippen molar-refractivity contribution in [2.75, 3.05) is 11.9 Å². The zero-order valence-corrected chi connectivity index (χ0v) is 15.5. The first-order valence-electron chi connectivity index (χ1n) is 8.26. The molecule has 27 heavy (non-hydrogen) atoms. The second-order valence-electron chi connectivity index (χ2n) is 6.57. The minimum absolute atomic E-state index is 0.366. The van der Waals surface area contributed by atoms with Crippen LogP contribution in [0.3, 0.4) is 0 Å². The van der Waals surface area contributed by atoms with Crippen molar-refractivity contribution in [3.8, 4) is 23.6 Å². The van der Waals surface area contributed by atoms with Gasteiger partial charge in [0, 0.05) is 0 Å². The summed E-state index contributed by atoms with van der Waals surface area (Å²) in [5, 5.41) is 21.1. The van der Waals surface area contributed by atoms with E-state index >= 15 is 4.39 Å². The molecule has 0 aromatic heterocycles. The van der Waals surface area contributed by atoms with Crippen LogP contribution in [0.2, 0.25) is 0 Å². The van der Waals surface area contributed by atoms with E-state index in [9.17, 15) is 9.65 Å². The van der Waals surface area contributed by atoms with Crippen molar-refractivity contribution in [2.24, 2.45) is 0 Å². The Bertz CT molecular complexity index is 938. The predicted octanol–water partition coefficient (Wildman–Crippen LogP) is 5.03. The van der Waals surface area contributed by atoms with E-state index < -0.39 is 34.1 Å². The molecule has 0 aliphatic rings. The highest BCUT2D eigenvalue weighted by atomic mass is 19.1. The predicted molar refractivity (Wildman–Crippen MR) is 97.1 cm³/mol. The summed E-state index contributed by atoms with van der Waals surface area (Å²) in [6.45, 7) is 7.14. The number of ether oxygens (including phenoxy) is 2. The molecule has 0 fully saturated rings. The Morgan fingerprint density at radius 1 is 1.04 bits per heavy atom. The van der Waals surface area contributed by atoms with Gasteiger partial charge in [-0.1, -0.05) is 12.1 Å². The van der Waals surface area contributed by atoms with Crippen LogP contribution in [-0.4, -0.2) is 12.2 Å². The fourth-order valence-corrected chi connectivity index (χ4v) is 2.38. The van der Waals surface area contributed by atoms with Gasteiger partial charge in [0.1, 0.15) is 40.3 Å². The van der Waals surface area contributed by atoms with Crippen LogP contribution in [0.15, 0.2) is 24.3 Å². The van der Waals surface area contributed by atoms with Crippen molar-refractivity contribution in [1.29, 1.82) is 10.5 Å². The van der Waals surface area contributed by atoms with Gasteiger partial charge in [0.25, 0.3) is 0 Å². The number of nitrogens with one attached hydrogen (secondary N) is 1. The smallest absolute Gasteiger partial charge is 0.186 e. The first-order valence-corrected chi connectivity index (χ1v) is 8.26. The molecule has 2 aromatic rings. The first-order chi connectivity index (χ1) is 12.7. The summed E-state index contributed by atoms with van der Waals surface area (Å²) in [6, 6.07) is 9.79. The average Bonchev–Trinajstić information content (AvgIpc) is 2.61. The van der Waals surface area contributed by atoms with Crippen LogP contribution >= 0.6 is 0 Å². The molecule has 2 aromatic carbocycles. The number of nitriles is 2. The maximum absolute atomic E-state index is 15.0. The molecule has 1 N–H and O–H groups in total. The van der Waals surface area contributed by atoms with Crippen LogP contribution in [0, 0.1) is 34.3 Å². The number of benzene rings is 2. The molecule has 0 atom stereocenters. The van der Waals surface area contributed by atoms with Gasteiger partial charge in [-0.2, -0.15) is 10.5 Å². The third-order valence-corrected chi connectivity index (χ3v) is 3.41. The Hall–Kier alpha value is -3.32. The van der Waals surface area contributed by atoms with Crippen molar-refractivity contribution >= 4 is 11.4 Å². The number of rotatable bonds is 5. The monoisotopic (exact) mass is 371 g/mol. The van der Waals surface area contributed by atoms with Crippen LogP contribution < -0.4 is 14.8 Å². The van der Waals surface area contributed by atoms with E-state index in [1.165, 1.54) is 6.07 Å². The maximum Gasteiger partial charge on any atom is 0.186 e. The molecule has 7 heteroatoms. The largest absolute Gasteiger partial charge is 0.492 e. The van der Waals surface area contributed by atoms with Crippen molar-refractivity contribution in [3.05, 3.63) is 47.0 Å². The summed E-state index contributed by atoms with van der Waals surface area (Å²) in [5.41, 5.74) is -2.26. The highest BCUT2D eigenvalue weighted by Gasteiger charge is 2.29. The summed E-state index contributed by atoms with van der Waals surface area (Å²) in [6.07, 6.45) is 0. The van der Waals surface area contributed by atoms with E-state index in [4.69, 9.17) is 14.7 Å². The third kappa shape index (κ3) is 4.27. The highest BCUT2D eigenvalue weighted by molar-refractivity contribution is 5.75. The van der Waals surface area contributed by atoms with Crippen LogP contribution in [0.1, 0.15) is 38.8 Å². The van der Waals surface area contributed by atoms with Gasteiger partial charge in [-0.25, -0.2) is 8.78 Å². The van der Waals surface area contributed by atoms with Gasteiger partial charge in [0.2, 0.25) is 0 Å². The third-order valence-electron chi connectivity index (χ3n) is 3.41. The van der Waals surface area contributed by atoms with Crippen LogP contribution in [0.4, 0.5) is 20.2 Å². The van der Waals surface area contributed by atoms with Gasteiger partial charge in [-0.15, -0.1) is 0 Å². The van der Waals surface area contributed by atoms with E-state index in [1.54, 1.807) is 58.0 Å². The lowest BCUT2D eigenvalue weighted by Crippen LogP contribution is -2.25. The fraction of sp³-hybridized carbons (Fsp3) is 0.300. The Morgan fingerprint density at radius 3 is 2.19 bits per heavy atom. The molecule has 0 bridgehead atoms. The van der Waals surface area contributed by atoms with Crippen molar-refractivity contribution in [3.63, 3.8) is 0 Å². The second-order valence-corrected chi connectivity index (χ2v) is 6.57. The molecule has 0 saturated carbocycles. The number of nitrogens with zero attached hydrogens (tertiary/aromatic N) is 2. The molecular formula is C20H19F2N3O2. The molecule has 0 radical (unpaired) electrons. The minimum atomic E-state index is -1.10. The summed E-state index contributed by atoms with van der Waals surface area (Å²) in [4.78, 5) is 0. The van der Waals surface area contributed by atoms with Gasteiger partial charge in [-0.05, 0) is 39.8 Å². The maximum atomic E-state index is 15.0. The lowest BCUT2D eigenvalue weighted by molar-refractivity contribution is 0.125. The molecule has 5 nitrogen and oxygen atoms in total. The summed E-state index contributed by atoms with van der Waals surface area (Å²) >= 11 is 0. The Kier molecular flexibility index (Phi) is 5.87. The van der Waals surface area contributed by atoms with Crippen molar-refractivity contribution < 1.29 is 18.3 Å². The topological polar surface area (TPSA) is 78.1 Å². The molecular weight excluding hydrogens is 352 g/mol. The number of para-hydroxylation sites is 2. The molecule has 0 saturated heterocycles. The number of anilines is 2. The van der Waals surface area contributed by atoms with Crippen LogP contribution in [-0.2, 0) is 0 Å². The molecule has 0 heterocycles. The molecule has 0 aliphatic carbocycles. The van der Waals surface area contributed by atoms with Gasteiger partial charge in [-0.3, -0.25) is 0 Å².